The van der Waals surface area contributed by atoms with Gasteiger partial charge in [-0.15, -0.1) is 0 Å². The Morgan fingerprint density at radius 3 is 1.95 bits per heavy atom. The number of allylic oxidation sites excluding steroid dienone is 8. The van der Waals surface area contributed by atoms with Crippen LogP contribution in [0.2, 0.25) is 0 Å². The second-order valence-electron chi connectivity index (χ2n) is 10.6. The van der Waals surface area contributed by atoms with Gasteiger partial charge in [-0.3, -0.25) is 9.36 Å². The molecule has 1 N–H and O–H groups in total. The molecule has 0 aliphatic heterocycles. The summed E-state index contributed by atoms with van der Waals surface area (Å²) in [7, 11) is 1.19. The molecule has 0 fully saturated rings. The van der Waals surface area contributed by atoms with E-state index in [1.807, 2.05) is 33.3 Å². The lowest BCUT2D eigenvalue weighted by molar-refractivity contribution is -0.870. The van der Waals surface area contributed by atoms with E-state index in [9.17, 15) is 19.4 Å². The van der Waals surface area contributed by atoms with Crippen molar-refractivity contribution in [2.24, 2.45) is 0 Å². The number of quaternary nitrogens is 1. The van der Waals surface area contributed by atoms with Gasteiger partial charge in [-0.1, -0.05) is 87.6 Å². The first kappa shape index (κ1) is 37.5. The summed E-state index contributed by atoms with van der Waals surface area (Å²) in [6.07, 6.45) is 28.3. The number of likely N-dealkylation sites (N-methyl/N-ethyl adjacent to an activating group) is 1. The zero-order valence-corrected chi connectivity index (χ0v) is 25.7. The number of hydrogen-bond donors (Lipinski definition) is 1. The number of rotatable bonds is 25. The number of unbranched alkanes of at least 4 members (excludes halogenated alkanes) is 6. The summed E-state index contributed by atoms with van der Waals surface area (Å²) in [6, 6.07) is 0. The molecular weight excluding hydrogens is 517 g/mol. The Morgan fingerprint density at radius 2 is 1.38 bits per heavy atom. The van der Waals surface area contributed by atoms with Crippen LogP contribution >= 0.6 is 7.82 Å². The lowest BCUT2D eigenvalue weighted by atomic mass is 10.1. The Balaban J connectivity index is 3.89. The highest BCUT2D eigenvalue weighted by molar-refractivity contribution is 7.45. The minimum Gasteiger partial charge on any atom is -0.756 e. The minimum atomic E-state index is -4.53. The van der Waals surface area contributed by atoms with E-state index in [2.05, 4.69) is 43.4 Å². The third-order valence-electron chi connectivity index (χ3n) is 5.65. The Bertz CT molecular complexity index is 772. The predicted octanol–water partition coefficient (Wildman–Crippen LogP) is 6.02. The van der Waals surface area contributed by atoms with E-state index in [1.165, 1.54) is 44.9 Å². The molecule has 0 aromatic heterocycles. The van der Waals surface area contributed by atoms with Crippen molar-refractivity contribution in [2.45, 2.75) is 90.1 Å². The summed E-state index contributed by atoms with van der Waals surface area (Å²) < 4.78 is 27.0. The number of carbonyl (C=O) groups excluding carboxylic acids is 1. The van der Waals surface area contributed by atoms with Crippen molar-refractivity contribution in [3.05, 3.63) is 48.6 Å². The number of carbonyl (C=O) groups is 1. The van der Waals surface area contributed by atoms with Crippen molar-refractivity contribution in [3.8, 4) is 0 Å². The Labute approximate surface area is 237 Å². The average molecular weight is 572 g/mol. The molecule has 2 atom stereocenters. The quantitative estimate of drug-likeness (QED) is 0.0469. The summed E-state index contributed by atoms with van der Waals surface area (Å²) in [6.45, 7) is 1.66. The van der Waals surface area contributed by atoms with E-state index < -0.39 is 33.1 Å². The van der Waals surface area contributed by atoms with E-state index in [4.69, 9.17) is 13.8 Å². The SMILES string of the molecule is CCCCCCCC/C=C\C/C=C\C/C=C\C/C=C\CCC(=O)OC(CO)COP(=O)([O-])OCC[N+](C)(C)C. The second-order valence-corrected chi connectivity index (χ2v) is 12.0. The van der Waals surface area contributed by atoms with Crippen LogP contribution in [0.4, 0.5) is 0 Å². The number of phosphoric ester groups is 1. The van der Waals surface area contributed by atoms with Crippen LogP contribution in [0.25, 0.3) is 0 Å². The topological polar surface area (TPSA) is 105 Å². The van der Waals surface area contributed by atoms with Gasteiger partial charge in [0.2, 0.25) is 0 Å². The number of nitrogens with zero attached hydrogens (tertiary/aromatic N) is 1. The van der Waals surface area contributed by atoms with E-state index in [1.54, 1.807) is 0 Å². The van der Waals surface area contributed by atoms with Gasteiger partial charge in [0.15, 0.2) is 0 Å². The van der Waals surface area contributed by atoms with Gasteiger partial charge in [-0.2, -0.15) is 0 Å². The van der Waals surface area contributed by atoms with Crippen molar-refractivity contribution < 1.29 is 37.6 Å². The number of aliphatic hydroxyl groups is 1. The van der Waals surface area contributed by atoms with Crippen LogP contribution in [0.3, 0.4) is 0 Å². The molecule has 0 aromatic rings. The molecule has 9 heteroatoms. The normalized spacial score (nSPS) is 15.1. The van der Waals surface area contributed by atoms with Crippen LogP contribution in [0.1, 0.15) is 84.0 Å². The van der Waals surface area contributed by atoms with Gasteiger partial charge < -0.3 is 28.3 Å². The fourth-order valence-corrected chi connectivity index (χ4v) is 4.03. The Morgan fingerprint density at radius 1 is 0.846 bits per heavy atom. The van der Waals surface area contributed by atoms with Gasteiger partial charge >= 0.3 is 5.97 Å². The standard InChI is InChI=1S/C30H54NO7P/c1-5-6-7-8-9-10-11-12-13-14-15-16-17-18-19-20-21-22-23-24-30(33)38-29(27-32)28-37-39(34,35)36-26-25-31(2,3)4/h12-13,15-16,18-19,21-22,29,32H,5-11,14,17,20,23-28H2,1-4H3/b13-12-,16-15-,19-18-,22-21-. The zero-order valence-electron chi connectivity index (χ0n) is 24.8. The first-order chi connectivity index (χ1) is 18.6. The lowest BCUT2D eigenvalue weighted by Gasteiger charge is -2.28. The molecule has 226 valence electrons. The zero-order chi connectivity index (χ0) is 29.2. The van der Waals surface area contributed by atoms with Crippen LogP contribution in [0, 0.1) is 0 Å². The van der Waals surface area contributed by atoms with Gasteiger partial charge in [-0.25, -0.2) is 0 Å². The molecule has 0 aliphatic rings. The van der Waals surface area contributed by atoms with Crippen LogP contribution in [-0.2, 0) is 23.1 Å². The highest BCUT2D eigenvalue weighted by Crippen LogP contribution is 2.38. The minimum absolute atomic E-state index is 0.0247. The number of phosphoric acid groups is 1. The number of hydrogen-bond acceptors (Lipinski definition) is 7. The van der Waals surface area contributed by atoms with Crippen LogP contribution in [0.15, 0.2) is 48.6 Å². The third kappa shape index (κ3) is 27.8. The maximum Gasteiger partial charge on any atom is 0.306 e. The van der Waals surface area contributed by atoms with Crippen molar-refractivity contribution in [1.29, 1.82) is 0 Å². The highest BCUT2D eigenvalue weighted by Gasteiger charge is 2.19. The summed E-state index contributed by atoms with van der Waals surface area (Å²) in [5.41, 5.74) is 0. The fraction of sp³-hybridized carbons (Fsp3) is 0.700. The molecule has 0 aromatic carbocycles. The molecule has 8 nitrogen and oxygen atoms in total. The molecule has 0 bridgehead atoms. The number of ether oxygens (including phenoxy) is 1. The second kappa shape index (κ2) is 24.3. The first-order valence-electron chi connectivity index (χ1n) is 14.4. The molecule has 2 unspecified atom stereocenters. The maximum atomic E-state index is 12.0. The van der Waals surface area contributed by atoms with Gasteiger partial charge in [0, 0.05) is 6.42 Å². The van der Waals surface area contributed by atoms with Crippen LogP contribution in [-0.4, -0.2) is 69.2 Å². The summed E-state index contributed by atoms with van der Waals surface area (Å²) in [5, 5.41) is 9.37. The molecule has 0 heterocycles. The molecule has 0 spiro atoms. The molecule has 0 aliphatic carbocycles. The van der Waals surface area contributed by atoms with Gasteiger partial charge in [0.1, 0.15) is 19.3 Å². The lowest BCUT2D eigenvalue weighted by Crippen LogP contribution is -2.37. The third-order valence-corrected chi connectivity index (χ3v) is 6.62. The Hall–Kier alpha value is -1.54. The first-order valence-corrected chi connectivity index (χ1v) is 15.9. The molecular formula is C30H54NO7P. The van der Waals surface area contributed by atoms with Gasteiger partial charge in [-0.05, 0) is 38.5 Å². The number of aliphatic hydroxyl groups excluding tert-OH is 1. The molecule has 0 saturated heterocycles. The maximum absolute atomic E-state index is 12.0. The largest absolute Gasteiger partial charge is 0.756 e. The van der Waals surface area contributed by atoms with Gasteiger partial charge in [0.05, 0.1) is 34.4 Å². The van der Waals surface area contributed by atoms with Crippen molar-refractivity contribution in [2.75, 3.05) is 47.5 Å². The van der Waals surface area contributed by atoms with Crippen LogP contribution < -0.4 is 4.89 Å². The fourth-order valence-electron chi connectivity index (χ4n) is 3.30. The Kier molecular flexibility index (Phi) is 23.3. The van der Waals surface area contributed by atoms with E-state index in [0.717, 1.165) is 19.3 Å². The van der Waals surface area contributed by atoms with E-state index >= 15 is 0 Å². The molecule has 0 radical (unpaired) electrons. The monoisotopic (exact) mass is 571 g/mol. The number of esters is 1. The predicted molar refractivity (Wildman–Crippen MR) is 157 cm³/mol. The summed E-state index contributed by atoms with van der Waals surface area (Å²) in [5.74, 6) is -0.532. The summed E-state index contributed by atoms with van der Waals surface area (Å²) >= 11 is 0. The average Bonchev–Trinajstić information content (AvgIpc) is 2.87. The van der Waals surface area contributed by atoms with Crippen molar-refractivity contribution >= 4 is 13.8 Å². The molecule has 39 heavy (non-hydrogen) atoms. The highest BCUT2D eigenvalue weighted by atomic mass is 31.2. The smallest absolute Gasteiger partial charge is 0.306 e. The van der Waals surface area contributed by atoms with Gasteiger partial charge in [0.25, 0.3) is 7.82 Å². The van der Waals surface area contributed by atoms with Crippen LogP contribution in [0.5, 0.6) is 0 Å². The summed E-state index contributed by atoms with van der Waals surface area (Å²) in [4.78, 5) is 23.8. The van der Waals surface area contributed by atoms with Crippen molar-refractivity contribution in [1.82, 2.24) is 0 Å². The molecule has 0 saturated carbocycles. The van der Waals surface area contributed by atoms with Crippen molar-refractivity contribution in [3.63, 3.8) is 0 Å². The van der Waals surface area contributed by atoms with E-state index in [0.29, 0.717) is 17.4 Å². The van der Waals surface area contributed by atoms with E-state index in [-0.39, 0.29) is 13.0 Å². The molecule has 0 amide bonds. The molecule has 0 rings (SSSR count).